The van der Waals surface area contributed by atoms with Crippen LogP contribution in [0.1, 0.15) is 38.5 Å². The van der Waals surface area contributed by atoms with Crippen molar-refractivity contribution in [2.45, 2.75) is 43.7 Å². The number of hydrogen-bond acceptors (Lipinski definition) is 3. The fraction of sp³-hybridized carbons (Fsp3) is 1.00. The van der Waals surface area contributed by atoms with Crippen LogP contribution in [0.3, 0.4) is 0 Å². The zero-order valence-corrected chi connectivity index (χ0v) is 9.32. The summed E-state index contributed by atoms with van der Waals surface area (Å²) in [7, 11) is -3.94. The van der Waals surface area contributed by atoms with Crippen LogP contribution < -0.4 is 0 Å². The molecule has 0 aromatic heterocycles. The quantitative estimate of drug-likeness (QED) is 0.625. The first-order chi connectivity index (χ1) is 6.57. The van der Waals surface area contributed by atoms with Gasteiger partial charge in [0.05, 0.1) is 0 Å². The molecule has 4 heteroatoms. The van der Waals surface area contributed by atoms with Crippen molar-refractivity contribution < 1.29 is 14.7 Å². The Balaban J connectivity index is 1.96. The zero-order valence-electron chi connectivity index (χ0n) is 8.32. The van der Waals surface area contributed by atoms with Gasteiger partial charge in [0.25, 0.3) is 0 Å². The summed E-state index contributed by atoms with van der Waals surface area (Å²) < 4.78 is 0. The molecule has 0 bridgehead atoms. The molecule has 0 aromatic rings. The van der Waals surface area contributed by atoms with E-state index in [0.717, 1.165) is 38.5 Å². The van der Waals surface area contributed by atoms with Crippen LogP contribution in [0, 0.1) is 17.8 Å². The fourth-order valence-electron chi connectivity index (χ4n) is 3.50. The van der Waals surface area contributed by atoms with E-state index in [0.29, 0.717) is 17.8 Å². The molecule has 0 aliphatic heterocycles. The van der Waals surface area contributed by atoms with Gasteiger partial charge in [-0.2, -0.15) is 0 Å². The first-order valence-corrected chi connectivity index (χ1v) is 7.58. The monoisotopic (exact) mass is 218 g/mol. The van der Waals surface area contributed by atoms with Crippen LogP contribution in [-0.4, -0.2) is 19.8 Å². The summed E-state index contributed by atoms with van der Waals surface area (Å²) in [6.07, 6.45) is 6.60. The fourth-order valence-corrected chi connectivity index (χ4v) is 6.01. The van der Waals surface area contributed by atoms with Crippen LogP contribution in [0.15, 0.2) is 0 Å². The summed E-state index contributed by atoms with van der Waals surface area (Å²) in [5, 5.41) is -0.424. The Bertz CT molecular complexity index is 217. The summed E-state index contributed by atoms with van der Waals surface area (Å²) in [5.74, 6) is 1.28. The topological polar surface area (TPSA) is 60.7 Å². The summed E-state index contributed by atoms with van der Waals surface area (Å²) in [6.45, 7) is 0. The molecule has 3 nitrogen and oxygen atoms in total. The summed E-state index contributed by atoms with van der Waals surface area (Å²) >= 11 is 0. The molecule has 0 spiro atoms. The van der Waals surface area contributed by atoms with E-state index in [-0.39, 0.29) is 0 Å². The maximum absolute atomic E-state index is 9.81. The minimum absolute atomic E-state index is 0.424. The van der Waals surface area contributed by atoms with Crippen molar-refractivity contribution in [3.05, 3.63) is 0 Å². The van der Waals surface area contributed by atoms with Crippen LogP contribution in [0.5, 0.6) is 0 Å². The van der Waals surface area contributed by atoms with Gasteiger partial charge in [0.15, 0.2) is 0 Å². The molecule has 0 atom stereocenters. The van der Waals surface area contributed by atoms with E-state index < -0.39 is 13.1 Å². The van der Waals surface area contributed by atoms with Crippen molar-refractivity contribution in [1.29, 1.82) is 0 Å². The van der Waals surface area contributed by atoms with E-state index in [1.54, 1.807) is 0 Å². The Morgan fingerprint density at radius 3 is 1.14 bits per heavy atom. The van der Waals surface area contributed by atoms with Gasteiger partial charge in [-0.05, 0) is 0 Å². The van der Waals surface area contributed by atoms with Gasteiger partial charge in [-0.25, -0.2) is 0 Å². The van der Waals surface area contributed by atoms with Gasteiger partial charge in [0.1, 0.15) is 0 Å². The van der Waals surface area contributed by atoms with E-state index in [2.05, 4.69) is 0 Å². The van der Waals surface area contributed by atoms with Crippen molar-refractivity contribution in [3.63, 3.8) is 0 Å². The van der Waals surface area contributed by atoms with Crippen molar-refractivity contribution in [1.82, 2.24) is 0 Å². The third-order valence-electron chi connectivity index (χ3n) is 4.34. The first kappa shape index (κ1) is 9.53. The van der Waals surface area contributed by atoms with Crippen molar-refractivity contribution in [2.75, 3.05) is 0 Å². The van der Waals surface area contributed by atoms with Crippen LogP contribution in [0.25, 0.3) is 0 Å². The third kappa shape index (κ3) is 1.19. The first-order valence-electron chi connectivity index (χ1n) is 5.74. The second-order valence-electron chi connectivity index (χ2n) is 5.39. The van der Waals surface area contributed by atoms with Crippen LogP contribution in [0.2, 0.25) is 0 Å². The van der Waals surface area contributed by atoms with Crippen molar-refractivity contribution in [2.24, 2.45) is 17.8 Å². The molecule has 0 heterocycles. The van der Waals surface area contributed by atoms with Gasteiger partial charge < -0.3 is 0 Å². The van der Waals surface area contributed by atoms with Crippen LogP contribution in [0.4, 0.5) is 0 Å². The summed E-state index contributed by atoms with van der Waals surface area (Å²) in [5.41, 5.74) is 0. The van der Waals surface area contributed by atoms with E-state index >= 15 is 0 Å². The van der Waals surface area contributed by atoms with Gasteiger partial charge in [-0.3, -0.25) is 0 Å². The van der Waals surface area contributed by atoms with Crippen molar-refractivity contribution >= 4 is 7.94 Å². The van der Waals surface area contributed by atoms with Crippen LogP contribution in [-0.2, 0) is 0 Å². The molecule has 3 saturated carbocycles. The van der Waals surface area contributed by atoms with Gasteiger partial charge in [-0.15, -0.1) is 0 Å². The normalized spacial score (nSPS) is 30.5. The molecule has 0 radical (unpaired) electrons. The standard InChI is InChI=1S/C10H19O3P/c11-14(12,13)10(7-1-2-7,8-3-4-8)9-5-6-9/h7-9,11-14H,1-6H2. The second-order valence-corrected chi connectivity index (χ2v) is 7.53. The number of hydrogen-bond donors (Lipinski definition) is 3. The Hall–Kier alpha value is 0.310. The predicted octanol–water partition coefficient (Wildman–Crippen LogP) is 1.43. The molecule has 3 rings (SSSR count). The predicted molar refractivity (Wildman–Crippen MR) is 55.9 cm³/mol. The molecule has 3 aliphatic rings. The Labute approximate surface area is 84.7 Å². The molecular weight excluding hydrogens is 199 g/mol. The zero-order chi connectivity index (χ0) is 9.97. The van der Waals surface area contributed by atoms with E-state index in [1.165, 1.54) is 0 Å². The second kappa shape index (κ2) is 2.70. The minimum atomic E-state index is -3.94. The van der Waals surface area contributed by atoms with E-state index in [4.69, 9.17) is 0 Å². The third-order valence-corrected chi connectivity index (χ3v) is 6.73. The average molecular weight is 218 g/mol. The van der Waals surface area contributed by atoms with E-state index in [9.17, 15) is 14.7 Å². The SMILES string of the molecule is O[PH](O)(O)C(C1CC1)(C1CC1)C1CC1. The van der Waals surface area contributed by atoms with Gasteiger partial charge >= 0.3 is 84.1 Å². The Morgan fingerprint density at radius 1 is 0.714 bits per heavy atom. The molecule has 14 heavy (non-hydrogen) atoms. The van der Waals surface area contributed by atoms with Gasteiger partial charge in [0.2, 0.25) is 0 Å². The maximum atomic E-state index is 9.81. The average Bonchev–Trinajstić information content (AvgIpc) is 2.94. The van der Waals surface area contributed by atoms with E-state index in [1.807, 2.05) is 0 Å². The Morgan fingerprint density at radius 2 is 1.00 bits per heavy atom. The molecule has 3 N–H and O–H groups in total. The van der Waals surface area contributed by atoms with Crippen molar-refractivity contribution in [3.8, 4) is 0 Å². The summed E-state index contributed by atoms with van der Waals surface area (Å²) in [6, 6.07) is 0. The molecule has 3 aliphatic carbocycles. The molecular formula is C10H19O3P. The van der Waals surface area contributed by atoms with Gasteiger partial charge in [0, 0.05) is 0 Å². The van der Waals surface area contributed by atoms with Gasteiger partial charge in [-0.1, -0.05) is 0 Å². The molecule has 0 amide bonds. The Kier molecular flexibility index (Phi) is 1.84. The van der Waals surface area contributed by atoms with Crippen LogP contribution >= 0.6 is 7.94 Å². The molecule has 0 saturated heterocycles. The molecule has 0 unspecified atom stereocenters. The number of rotatable bonds is 4. The molecule has 3 fully saturated rings. The molecule has 82 valence electrons. The summed E-state index contributed by atoms with van der Waals surface area (Å²) in [4.78, 5) is 29.4. The molecule has 0 aromatic carbocycles.